The van der Waals surface area contributed by atoms with Crippen molar-refractivity contribution < 1.29 is 4.79 Å². The number of hydrogen-bond acceptors (Lipinski definition) is 3. The van der Waals surface area contributed by atoms with Gasteiger partial charge in [0, 0.05) is 38.9 Å². The maximum atomic E-state index is 11.8. The van der Waals surface area contributed by atoms with Gasteiger partial charge in [-0.3, -0.25) is 4.79 Å². The highest BCUT2D eigenvalue weighted by Gasteiger charge is 2.05. The summed E-state index contributed by atoms with van der Waals surface area (Å²) in [6.45, 7) is 0.666. The highest BCUT2D eigenvalue weighted by Crippen LogP contribution is 2.24. The molecule has 2 aromatic carbocycles. The molecule has 0 aliphatic rings. The van der Waals surface area contributed by atoms with Gasteiger partial charge in [-0.15, -0.1) is 11.8 Å². The van der Waals surface area contributed by atoms with Crippen molar-refractivity contribution in [2.45, 2.75) is 11.5 Å². The molecule has 0 bridgehead atoms. The van der Waals surface area contributed by atoms with E-state index in [1.54, 1.807) is 23.9 Å². The highest BCUT2D eigenvalue weighted by atomic mass is 35.5. The van der Waals surface area contributed by atoms with E-state index >= 15 is 0 Å². The van der Waals surface area contributed by atoms with Crippen LogP contribution in [-0.4, -0.2) is 24.0 Å². The predicted octanol–water partition coefficient (Wildman–Crippen LogP) is 5.93. The molecule has 0 saturated carbocycles. The zero-order valence-corrected chi connectivity index (χ0v) is 17.3. The molecule has 0 radical (unpaired) electrons. The fourth-order valence-electron chi connectivity index (χ4n) is 1.98. The van der Waals surface area contributed by atoms with E-state index in [0.29, 0.717) is 28.1 Å². The fourth-order valence-corrected chi connectivity index (χ4v) is 4.34. The lowest BCUT2D eigenvalue weighted by Gasteiger charge is -2.07. The molecule has 0 aliphatic carbocycles. The van der Waals surface area contributed by atoms with Gasteiger partial charge in [-0.05, 0) is 35.4 Å². The van der Waals surface area contributed by atoms with E-state index in [-0.39, 0.29) is 5.91 Å². The first-order valence-corrected chi connectivity index (χ1v) is 11.1. The summed E-state index contributed by atoms with van der Waals surface area (Å²) in [6, 6.07) is 13.2. The molecule has 0 fully saturated rings. The molecule has 0 spiro atoms. The lowest BCUT2D eigenvalue weighted by atomic mass is 10.2. The summed E-state index contributed by atoms with van der Waals surface area (Å²) in [4.78, 5) is 11.8. The standard InChI is InChI=1S/C18H18Cl3NOS2/c19-15-4-1-13(2-5-15)10-24-8-7-22-18(23)12-25-11-14-3-6-16(20)9-17(14)21/h1-6,9H,7-8,10-12H2,(H,22,23). The Bertz CT molecular complexity index is 695. The Morgan fingerprint density at radius 2 is 1.64 bits per heavy atom. The molecule has 0 saturated heterocycles. The molecular weight excluding hydrogens is 417 g/mol. The summed E-state index contributed by atoms with van der Waals surface area (Å²) in [6.07, 6.45) is 0. The maximum absolute atomic E-state index is 11.8. The molecule has 1 N–H and O–H groups in total. The third-order valence-corrected chi connectivity index (χ3v) is 6.11. The van der Waals surface area contributed by atoms with Crippen molar-refractivity contribution in [1.82, 2.24) is 5.32 Å². The third kappa shape index (κ3) is 8.14. The van der Waals surface area contributed by atoms with Crippen LogP contribution in [0.3, 0.4) is 0 Å². The van der Waals surface area contributed by atoms with E-state index in [2.05, 4.69) is 5.32 Å². The molecular formula is C18H18Cl3NOS2. The minimum atomic E-state index is 0.0437. The second kappa shape index (κ2) is 11.2. The van der Waals surface area contributed by atoms with E-state index < -0.39 is 0 Å². The van der Waals surface area contributed by atoms with Gasteiger partial charge in [0.25, 0.3) is 0 Å². The molecule has 2 rings (SSSR count). The van der Waals surface area contributed by atoms with Crippen molar-refractivity contribution in [3.05, 3.63) is 68.7 Å². The van der Waals surface area contributed by atoms with Crippen LogP contribution in [0.25, 0.3) is 0 Å². The van der Waals surface area contributed by atoms with Crippen molar-refractivity contribution >= 4 is 64.2 Å². The van der Waals surface area contributed by atoms with Crippen molar-refractivity contribution in [3.63, 3.8) is 0 Å². The number of carbonyl (C=O) groups is 1. The Hall–Kier alpha value is -0.520. The molecule has 1 amide bonds. The van der Waals surface area contributed by atoms with Crippen LogP contribution in [0.4, 0.5) is 0 Å². The molecule has 0 heterocycles. The van der Waals surface area contributed by atoms with Gasteiger partial charge in [0.15, 0.2) is 0 Å². The zero-order chi connectivity index (χ0) is 18.1. The Labute approximate surface area is 172 Å². The fraction of sp³-hybridized carbons (Fsp3) is 0.278. The topological polar surface area (TPSA) is 29.1 Å². The number of carbonyl (C=O) groups excluding carboxylic acids is 1. The van der Waals surface area contributed by atoms with E-state index in [9.17, 15) is 4.79 Å². The summed E-state index contributed by atoms with van der Waals surface area (Å²) in [5.74, 6) is 2.94. The van der Waals surface area contributed by atoms with Gasteiger partial charge in [0.2, 0.25) is 5.91 Å². The molecule has 2 nitrogen and oxygen atoms in total. The molecule has 0 aliphatic heterocycles. The molecule has 0 unspecified atom stereocenters. The Kier molecular flexibility index (Phi) is 9.35. The average molecular weight is 435 g/mol. The lowest BCUT2D eigenvalue weighted by molar-refractivity contribution is -0.118. The van der Waals surface area contributed by atoms with Crippen molar-refractivity contribution in [2.75, 3.05) is 18.1 Å². The van der Waals surface area contributed by atoms with Crippen LogP contribution >= 0.6 is 58.3 Å². The van der Waals surface area contributed by atoms with E-state index in [1.165, 1.54) is 17.3 Å². The second-order valence-electron chi connectivity index (χ2n) is 5.26. The summed E-state index contributed by atoms with van der Waals surface area (Å²) < 4.78 is 0. The van der Waals surface area contributed by atoms with E-state index in [1.807, 2.05) is 30.3 Å². The van der Waals surface area contributed by atoms with Crippen LogP contribution < -0.4 is 5.32 Å². The summed E-state index contributed by atoms with van der Waals surface area (Å²) >= 11 is 21.2. The van der Waals surface area contributed by atoms with Gasteiger partial charge in [-0.2, -0.15) is 11.8 Å². The first-order chi connectivity index (χ1) is 12.0. The van der Waals surface area contributed by atoms with Crippen LogP contribution in [0.5, 0.6) is 0 Å². The first kappa shape index (κ1) is 20.8. The van der Waals surface area contributed by atoms with Gasteiger partial charge in [0.05, 0.1) is 5.75 Å². The Morgan fingerprint density at radius 1 is 0.920 bits per heavy atom. The Morgan fingerprint density at radius 3 is 2.36 bits per heavy atom. The maximum Gasteiger partial charge on any atom is 0.230 e. The van der Waals surface area contributed by atoms with Crippen molar-refractivity contribution in [1.29, 1.82) is 0 Å². The largest absolute Gasteiger partial charge is 0.355 e. The monoisotopic (exact) mass is 433 g/mol. The number of halogens is 3. The predicted molar refractivity (Wildman–Crippen MR) is 113 cm³/mol. The minimum Gasteiger partial charge on any atom is -0.355 e. The molecule has 0 aromatic heterocycles. The second-order valence-corrected chi connectivity index (χ2v) is 8.63. The van der Waals surface area contributed by atoms with Gasteiger partial charge in [0.1, 0.15) is 0 Å². The van der Waals surface area contributed by atoms with Crippen LogP contribution in [-0.2, 0) is 16.3 Å². The van der Waals surface area contributed by atoms with E-state index in [0.717, 1.165) is 22.1 Å². The highest BCUT2D eigenvalue weighted by molar-refractivity contribution is 7.99. The van der Waals surface area contributed by atoms with Crippen LogP contribution in [0, 0.1) is 0 Å². The minimum absolute atomic E-state index is 0.0437. The molecule has 7 heteroatoms. The van der Waals surface area contributed by atoms with Crippen molar-refractivity contribution in [3.8, 4) is 0 Å². The van der Waals surface area contributed by atoms with E-state index in [4.69, 9.17) is 34.8 Å². The number of benzene rings is 2. The number of nitrogens with one attached hydrogen (secondary N) is 1. The quantitative estimate of drug-likeness (QED) is 0.496. The SMILES string of the molecule is O=C(CSCc1ccc(Cl)cc1Cl)NCCSCc1ccc(Cl)cc1. The first-order valence-electron chi connectivity index (χ1n) is 7.65. The number of hydrogen-bond donors (Lipinski definition) is 1. The van der Waals surface area contributed by atoms with Gasteiger partial charge < -0.3 is 5.32 Å². The summed E-state index contributed by atoms with van der Waals surface area (Å²) in [5.41, 5.74) is 2.22. The average Bonchev–Trinajstić information content (AvgIpc) is 2.58. The molecule has 25 heavy (non-hydrogen) atoms. The van der Waals surface area contributed by atoms with Gasteiger partial charge >= 0.3 is 0 Å². The number of amides is 1. The van der Waals surface area contributed by atoms with Crippen LogP contribution in [0.15, 0.2) is 42.5 Å². The summed E-state index contributed by atoms with van der Waals surface area (Å²) in [7, 11) is 0. The number of rotatable bonds is 9. The van der Waals surface area contributed by atoms with Crippen molar-refractivity contribution in [2.24, 2.45) is 0 Å². The summed E-state index contributed by atoms with van der Waals surface area (Å²) in [5, 5.41) is 4.94. The van der Waals surface area contributed by atoms with Gasteiger partial charge in [-0.1, -0.05) is 53.0 Å². The third-order valence-electron chi connectivity index (χ3n) is 3.26. The van der Waals surface area contributed by atoms with Gasteiger partial charge in [-0.25, -0.2) is 0 Å². The zero-order valence-electron chi connectivity index (χ0n) is 13.4. The number of thioether (sulfide) groups is 2. The smallest absolute Gasteiger partial charge is 0.230 e. The molecule has 0 atom stereocenters. The van der Waals surface area contributed by atoms with Crippen LogP contribution in [0.1, 0.15) is 11.1 Å². The normalized spacial score (nSPS) is 10.7. The molecule has 134 valence electrons. The van der Waals surface area contributed by atoms with Crippen LogP contribution in [0.2, 0.25) is 15.1 Å². The Balaban J connectivity index is 1.55. The lowest BCUT2D eigenvalue weighted by Crippen LogP contribution is -2.27. The molecule has 2 aromatic rings.